The van der Waals surface area contributed by atoms with E-state index >= 15 is 0 Å². The number of nitrogens with one attached hydrogen (secondary N) is 1. The minimum Gasteiger partial charge on any atom is -0.354 e. The number of rotatable bonds is 12. The predicted molar refractivity (Wildman–Crippen MR) is 152 cm³/mol. The third-order valence-corrected chi connectivity index (χ3v) is 8.25. The lowest BCUT2D eigenvalue weighted by atomic mass is 10.1. The molecule has 3 aromatic carbocycles. The molecular formula is C28H31Cl2N3O4S. The molecule has 0 saturated heterocycles. The first-order valence-corrected chi connectivity index (χ1v) is 14.5. The van der Waals surface area contributed by atoms with Crippen LogP contribution in [0.3, 0.4) is 0 Å². The van der Waals surface area contributed by atoms with E-state index in [1.54, 1.807) is 18.2 Å². The fourth-order valence-electron chi connectivity index (χ4n) is 3.98. The summed E-state index contributed by atoms with van der Waals surface area (Å²) < 4.78 is 28.6. The normalized spacial score (nSPS) is 12.0. The summed E-state index contributed by atoms with van der Waals surface area (Å²) in [4.78, 5) is 28.4. The summed E-state index contributed by atoms with van der Waals surface area (Å²) in [7, 11) is -4.22. The van der Waals surface area contributed by atoms with E-state index in [-0.39, 0.29) is 33.1 Å². The molecule has 1 N–H and O–H groups in total. The van der Waals surface area contributed by atoms with Gasteiger partial charge < -0.3 is 10.2 Å². The third-order valence-electron chi connectivity index (χ3n) is 5.92. The second kappa shape index (κ2) is 13.6. The fourth-order valence-corrected chi connectivity index (χ4v) is 5.86. The Morgan fingerprint density at radius 1 is 0.921 bits per heavy atom. The molecule has 0 aromatic heterocycles. The summed E-state index contributed by atoms with van der Waals surface area (Å²) in [5.41, 5.74) is 0.875. The standard InChI is InChI=1S/C28H31Cl2N3O4S/c1-3-17-31-28(35)25(4-2)32(19-21-11-7-5-8-12-21)27(34)20-33(26-18-22(29)15-16-24(26)30)38(36,37)23-13-9-6-10-14-23/h5-16,18,25H,3-4,17,19-20H2,1-2H3,(H,31,35)/t25-/m1/s1. The van der Waals surface area contributed by atoms with Crippen molar-refractivity contribution in [1.29, 1.82) is 0 Å². The second-order valence-corrected chi connectivity index (χ2v) is 11.3. The van der Waals surface area contributed by atoms with Crippen LogP contribution < -0.4 is 9.62 Å². The van der Waals surface area contributed by atoms with Crippen LogP contribution in [0.25, 0.3) is 0 Å². The van der Waals surface area contributed by atoms with E-state index in [1.165, 1.54) is 35.2 Å². The van der Waals surface area contributed by atoms with Crippen molar-refractivity contribution in [1.82, 2.24) is 10.2 Å². The van der Waals surface area contributed by atoms with Crippen molar-refractivity contribution in [3.63, 3.8) is 0 Å². The molecule has 0 saturated carbocycles. The number of amides is 2. The van der Waals surface area contributed by atoms with Gasteiger partial charge in [0.15, 0.2) is 0 Å². The molecule has 1 atom stereocenters. The highest BCUT2D eigenvalue weighted by Crippen LogP contribution is 2.33. The summed E-state index contributed by atoms with van der Waals surface area (Å²) in [6.07, 6.45) is 1.09. The zero-order chi connectivity index (χ0) is 27.7. The van der Waals surface area contributed by atoms with Crippen LogP contribution in [-0.2, 0) is 26.2 Å². The van der Waals surface area contributed by atoms with Gasteiger partial charge in [-0.25, -0.2) is 8.42 Å². The van der Waals surface area contributed by atoms with Crippen molar-refractivity contribution in [2.24, 2.45) is 0 Å². The second-order valence-electron chi connectivity index (χ2n) is 8.64. The molecular weight excluding hydrogens is 545 g/mol. The average Bonchev–Trinajstić information content (AvgIpc) is 2.92. The molecule has 2 amide bonds. The highest BCUT2D eigenvalue weighted by atomic mass is 35.5. The molecule has 7 nitrogen and oxygen atoms in total. The van der Waals surface area contributed by atoms with Gasteiger partial charge in [-0.05, 0) is 48.7 Å². The molecule has 3 aromatic rings. The maximum atomic E-state index is 13.9. The maximum absolute atomic E-state index is 13.9. The zero-order valence-corrected chi connectivity index (χ0v) is 23.6. The predicted octanol–water partition coefficient (Wildman–Crippen LogP) is 5.52. The summed E-state index contributed by atoms with van der Waals surface area (Å²) in [6.45, 7) is 3.76. The monoisotopic (exact) mass is 575 g/mol. The SMILES string of the molecule is CCCNC(=O)[C@@H](CC)N(Cc1ccccc1)C(=O)CN(c1cc(Cl)ccc1Cl)S(=O)(=O)c1ccccc1. The lowest BCUT2D eigenvalue weighted by Crippen LogP contribution is -2.52. The number of halogens is 2. The van der Waals surface area contributed by atoms with Gasteiger partial charge in [0.05, 0.1) is 15.6 Å². The fraction of sp³-hybridized carbons (Fsp3) is 0.286. The maximum Gasteiger partial charge on any atom is 0.264 e. The van der Waals surface area contributed by atoms with Gasteiger partial charge in [-0.3, -0.25) is 13.9 Å². The van der Waals surface area contributed by atoms with Gasteiger partial charge in [-0.1, -0.05) is 85.6 Å². The van der Waals surface area contributed by atoms with Crippen molar-refractivity contribution < 1.29 is 18.0 Å². The van der Waals surface area contributed by atoms with Gasteiger partial charge in [0.25, 0.3) is 10.0 Å². The first-order valence-electron chi connectivity index (χ1n) is 12.3. The number of carbonyl (C=O) groups excluding carboxylic acids is 2. The van der Waals surface area contributed by atoms with Crippen molar-refractivity contribution in [2.75, 3.05) is 17.4 Å². The van der Waals surface area contributed by atoms with E-state index in [2.05, 4.69) is 5.32 Å². The number of carbonyl (C=O) groups is 2. The molecule has 0 spiro atoms. The number of hydrogen-bond donors (Lipinski definition) is 1. The van der Waals surface area contributed by atoms with Gasteiger partial charge in [0.2, 0.25) is 11.8 Å². The smallest absolute Gasteiger partial charge is 0.264 e. The molecule has 10 heteroatoms. The Balaban J connectivity index is 2.07. The van der Waals surface area contributed by atoms with Crippen molar-refractivity contribution in [2.45, 2.75) is 44.2 Å². The molecule has 0 radical (unpaired) electrons. The first-order chi connectivity index (χ1) is 18.2. The summed E-state index contributed by atoms with van der Waals surface area (Å²) >= 11 is 12.6. The topological polar surface area (TPSA) is 86.8 Å². The number of nitrogens with zero attached hydrogens (tertiary/aromatic N) is 2. The molecule has 0 aliphatic carbocycles. The lowest BCUT2D eigenvalue weighted by molar-refractivity contribution is -0.140. The van der Waals surface area contributed by atoms with E-state index in [0.29, 0.717) is 13.0 Å². The Labute approximate surface area is 234 Å². The quantitative estimate of drug-likeness (QED) is 0.308. The minimum absolute atomic E-state index is 0.00816. The molecule has 38 heavy (non-hydrogen) atoms. The minimum atomic E-state index is -4.22. The molecule has 0 heterocycles. The zero-order valence-electron chi connectivity index (χ0n) is 21.3. The summed E-state index contributed by atoms with van der Waals surface area (Å²) in [5, 5.41) is 3.23. The third kappa shape index (κ3) is 7.28. The van der Waals surface area contributed by atoms with Crippen LogP contribution in [0.15, 0.2) is 83.8 Å². The van der Waals surface area contributed by atoms with Crippen LogP contribution in [-0.4, -0.2) is 44.3 Å². The largest absolute Gasteiger partial charge is 0.354 e. The Morgan fingerprint density at radius 2 is 1.55 bits per heavy atom. The van der Waals surface area contributed by atoms with Crippen LogP contribution in [0.4, 0.5) is 5.69 Å². The van der Waals surface area contributed by atoms with E-state index in [1.807, 2.05) is 44.2 Å². The molecule has 0 unspecified atom stereocenters. The summed E-state index contributed by atoms with van der Waals surface area (Å²) in [6, 6.07) is 20.6. The molecule has 3 rings (SSSR count). The Morgan fingerprint density at radius 3 is 2.16 bits per heavy atom. The van der Waals surface area contributed by atoms with Gasteiger partial charge in [0.1, 0.15) is 12.6 Å². The molecule has 0 aliphatic rings. The molecule has 202 valence electrons. The Hall–Kier alpha value is -3.07. The highest BCUT2D eigenvalue weighted by molar-refractivity contribution is 7.92. The highest BCUT2D eigenvalue weighted by Gasteiger charge is 2.34. The first kappa shape index (κ1) is 29.5. The van der Waals surface area contributed by atoms with Crippen molar-refractivity contribution in [3.05, 3.63) is 94.5 Å². The Bertz CT molecular complexity index is 1340. The molecule has 0 fully saturated rings. The van der Waals surface area contributed by atoms with E-state index in [0.717, 1.165) is 16.3 Å². The number of anilines is 1. The van der Waals surface area contributed by atoms with E-state index in [9.17, 15) is 18.0 Å². The van der Waals surface area contributed by atoms with Crippen molar-refractivity contribution >= 4 is 50.7 Å². The average molecular weight is 577 g/mol. The van der Waals surface area contributed by atoms with Crippen LogP contribution in [0.5, 0.6) is 0 Å². The molecule has 0 bridgehead atoms. The lowest BCUT2D eigenvalue weighted by Gasteiger charge is -2.33. The van der Waals surface area contributed by atoms with E-state index in [4.69, 9.17) is 23.2 Å². The Kier molecular flexibility index (Phi) is 10.6. The van der Waals surface area contributed by atoms with E-state index < -0.39 is 28.5 Å². The van der Waals surface area contributed by atoms with Crippen molar-refractivity contribution in [3.8, 4) is 0 Å². The van der Waals surface area contributed by atoms with Crippen LogP contribution in [0.2, 0.25) is 10.0 Å². The van der Waals surface area contributed by atoms with Gasteiger partial charge in [-0.2, -0.15) is 0 Å². The number of benzene rings is 3. The van der Waals surface area contributed by atoms with Gasteiger partial charge in [-0.15, -0.1) is 0 Å². The molecule has 0 aliphatic heterocycles. The van der Waals surface area contributed by atoms with Gasteiger partial charge >= 0.3 is 0 Å². The summed E-state index contributed by atoms with van der Waals surface area (Å²) in [5.74, 6) is -0.847. The number of sulfonamides is 1. The van der Waals surface area contributed by atoms with Crippen LogP contribution in [0.1, 0.15) is 32.3 Å². The van der Waals surface area contributed by atoms with Gasteiger partial charge in [0, 0.05) is 18.1 Å². The van der Waals surface area contributed by atoms with Crippen LogP contribution >= 0.6 is 23.2 Å². The number of hydrogen-bond acceptors (Lipinski definition) is 4. The van der Waals surface area contributed by atoms with Crippen LogP contribution in [0, 0.1) is 0 Å².